The van der Waals surface area contributed by atoms with E-state index >= 15 is 4.39 Å². The van der Waals surface area contributed by atoms with Crippen LogP contribution in [-0.2, 0) is 17.8 Å². The second-order valence-electron chi connectivity index (χ2n) is 9.69. The quantitative estimate of drug-likeness (QED) is 0.316. The van der Waals surface area contributed by atoms with Gasteiger partial charge in [-0.1, -0.05) is 53.5 Å². The van der Waals surface area contributed by atoms with Crippen molar-refractivity contribution < 1.29 is 23.8 Å². The molecular formula is C29H29Cl2FN2O4. The highest BCUT2D eigenvalue weighted by Gasteiger charge is 2.32. The maximum absolute atomic E-state index is 15.7. The van der Waals surface area contributed by atoms with Crippen LogP contribution in [0.3, 0.4) is 0 Å². The number of nitrogens with zero attached hydrogens (tertiary/aromatic N) is 1. The number of nitrogens with one attached hydrogen (secondary N) is 1. The number of methoxy groups -OCH3 is 1. The minimum Gasteiger partial charge on any atom is -0.493 e. The van der Waals surface area contributed by atoms with E-state index in [9.17, 15) is 9.90 Å². The van der Waals surface area contributed by atoms with E-state index in [0.717, 1.165) is 34.4 Å². The smallest absolute Gasteiger partial charge is 0.307 e. The number of carboxylic acid groups (broad SMARTS) is 1. The van der Waals surface area contributed by atoms with Crippen molar-refractivity contribution >= 4 is 34.9 Å². The van der Waals surface area contributed by atoms with Crippen molar-refractivity contribution in [2.45, 2.75) is 31.9 Å². The highest BCUT2D eigenvalue weighted by Crippen LogP contribution is 2.46. The normalized spacial score (nSPS) is 18.9. The Labute approximate surface area is 231 Å². The van der Waals surface area contributed by atoms with E-state index in [0.29, 0.717) is 43.1 Å². The Morgan fingerprint density at radius 2 is 1.92 bits per heavy atom. The fraction of sp³-hybridized carbons (Fsp3) is 0.345. The van der Waals surface area contributed by atoms with Crippen LogP contribution in [0.4, 0.5) is 10.1 Å². The number of aliphatic carboxylic acids is 1. The summed E-state index contributed by atoms with van der Waals surface area (Å²) in [6.45, 7) is 1.35. The van der Waals surface area contributed by atoms with Crippen LogP contribution in [0.15, 0.2) is 42.5 Å². The Morgan fingerprint density at radius 3 is 2.63 bits per heavy atom. The lowest BCUT2D eigenvalue weighted by atomic mass is 9.96. The highest BCUT2D eigenvalue weighted by atomic mass is 35.5. The Morgan fingerprint density at radius 1 is 1.16 bits per heavy atom. The number of carbonyl (C=O) groups is 1. The average molecular weight is 559 g/mol. The molecule has 0 bridgehead atoms. The molecule has 3 aromatic rings. The zero-order chi connectivity index (χ0) is 27.0. The molecule has 3 aromatic carbocycles. The minimum atomic E-state index is -0.815. The molecule has 0 spiro atoms. The lowest BCUT2D eigenvalue weighted by Crippen LogP contribution is -2.23. The van der Waals surface area contributed by atoms with E-state index in [-0.39, 0.29) is 22.6 Å². The first kappa shape index (κ1) is 26.6. The van der Waals surface area contributed by atoms with Crippen molar-refractivity contribution in [2.24, 2.45) is 5.92 Å². The molecule has 0 aromatic heterocycles. The van der Waals surface area contributed by atoms with E-state index in [1.807, 2.05) is 48.3 Å². The van der Waals surface area contributed by atoms with Crippen LogP contribution in [-0.4, -0.2) is 43.2 Å². The van der Waals surface area contributed by atoms with Crippen molar-refractivity contribution in [1.29, 1.82) is 0 Å². The van der Waals surface area contributed by atoms with Crippen molar-refractivity contribution in [1.82, 2.24) is 4.90 Å². The third-order valence-electron chi connectivity index (χ3n) is 7.46. The van der Waals surface area contributed by atoms with Gasteiger partial charge in [-0.15, -0.1) is 0 Å². The number of halogens is 3. The van der Waals surface area contributed by atoms with Crippen LogP contribution in [0.5, 0.6) is 11.5 Å². The molecule has 0 radical (unpaired) electrons. The molecule has 2 N–H and O–H groups in total. The first-order chi connectivity index (χ1) is 18.3. The topological polar surface area (TPSA) is 71.0 Å². The molecule has 1 fully saturated rings. The number of anilines is 1. The van der Waals surface area contributed by atoms with Crippen LogP contribution in [0.1, 0.15) is 35.6 Å². The van der Waals surface area contributed by atoms with Crippen molar-refractivity contribution in [3.8, 4) is 22.6 Å². The van der Waals surface area contributed by atoms with Crippen LogP contribution < -0.4 is 14.8 Å². The lowest BCUT2D eigenvalue weighted by Gasteiger charge is -2.22. The largest absolute Gasteiger partial charge is 0.493 e. The van der Waals surface area contributed by atoms with E-state index in [4.69, 9.17) is 32.7 Å². The monoisotopic (exact) mass is 558 g/mol. The van der Waals surface area contributed by atoms with Gasteiger partial charge >= 0.3 is 5.97 Å². The summed E-state index contributed by atoms with van der Waals surface area (Å²) in [5.41, 5.74) is 5.46. The minimum absolute atomic E-state index is 0.0458. The number of rotatable bonds is 8. The zero-order valence-corrected chi connectivity index (χ0v) is 22.7. The number of hydrogen-bond acceptors (Lipinski definition) is 5. The summed E-state index contributed by atoms with van der Waals surface area (Å²) in [6.07, 6.45) is 1.60. The summed E-state index contributed by atoms with van der Waals surface area (Å²) >= 11 is 13.2. The molecule has 2 atom stereocenters. The first-order valence-electron chi connectivity index (χ1n) is 12.6. The molecule has 1 saturated heterocycles. The van der Waals surface area contributed by atoms with Gasteiger partial charge in [-0.05, 0) is 54.6 Å². The van der Waals surface area contributed by atoms with Crippen LogP contribution in [0.25, 0.3) is 11.1 Å². The standard InChI is InChI=1S/C29H29Cl2FN2O4/c1-33-23-8-4-7-21(25(23)31)18-5-3-6-20-19(18)9-10-24(20)38-28-22(30)13-17(27(37-2)26(28)32)15-34-12-11-16(14-34)29(35)36/h3-8,13,16,24,33H,9-12,14-15H2,1-2H3,(H,35,36). The van der Waals surface area contributed by atoms with Gasteiger partial charge in [0.1, 0.15) is 6.10 Å². The van der Waals surface area contributed by atoms with Crippen molar-refractivity contribution in [3.63, 3.8) is 0 Å². The third kappa shape index (κ3) is 4.91. The summed E-state index contributed by atoms with van der Waals surface area (Å²) in [5, 5.41) is 13.2. The lowest BCUT2D eigenvalue weighted by molar-refractivity contribution is -0.141. The van der Waals surface area contributed by atoms with E-state index in [2.05, 4.69) is 5.32 Å². The third-order valence-corrected chi connectivity index (χ3v) is 8.15. The number of hydrogen-bond donors (Lipinski definition) is 2. The molecule has 200 valence electrons. The van der Waals surface area contributed by atoms with Gasteiger partial charge in [-0.2, -0.15) is 4.39 Å². The molecule has 2 unspecified atom stereocenters. The Bertz CT molecular complexity index is 1380. The molecule has 2 aliphatic rings. The van der Waals surface area contributed by atoms with E-state index in [1.165, 1.54) is 7.11 Å². The molecule has 1 aliphatic carbocycles. The molecule has 9 heteroatoms. The number of benzene rings is 3. The summed E-state index contributed by atoms with van der Waals surface area (Å²) in [5.74, 6) is -1.88. The van der Waals surface area contributed by atoms with Gasteiger partial charge in [0.2, 0.25) is 5.82 Å². The maximum Gasteiger partial charge on any atom is 0.307 e. The number of carboxylic acids is 1. The van der Waals surface area contributed by atoms with Gasteiger partial charge in [0, 0.05) is 31.3 Å². The van der Waals surface area contributed by atoms with Crippen LogP contribution in [0.2, 0.25) is 10.0 Å². The highest BCUT2D eigenvalue weighted by molar-refractivity contribution is 6.36. The molecule has 1 aliphatic heterocycles. The number of fused-ring (bicyclic) bond motifs is 1. The first-order valence-corrected chi connectivity index (χ1v) is 13.3. The summed E-state index contributed by atoms with van der Waals surface area (Å²) < 4.78 is 27.4. The molecule has 0 amide bonds. The summed E-state index contributed by atoms with van der Waals surface area (Å²) in [7, 11) is 3.24. The fourth-order valence-electron chi connectivity index (χ4n) is 5.56. The second-order valence-corrected chi connectivity index (χ2v) is 10.5. The van der Waals surface area contributed by atoms with Gasteiger partial charge in [0.25, 0.3) is 0 Å². The zero-order valence-electron chi connectivity index (χ0n) is 21.2. The molecule has 1 heterocycles. The molecule has 5 rings (SSSR count). The molecule has 6 nitrogen and oxygen atoms in total. The molecular weight excluding hydrogens is 530 g/mol. The van der Waals surface area contributed by atoms with Crippen LogP contribution in [0, 0.1) is 11.7 Å². The van der Waals surface area contributed by atoms with Gasteiger partial charge < -0.3 is 19.9 Å². The average Bonchev–Trinajstić information content (AvgIpc) is 3.54. The second kappa shape index (κ2) is 11.0. The van der Waals surface area contributed by atoms with E-state index in [1.54, 1.807) is 6.07 Å². The number of likely N-dealkylation sites (tertiary alicyclic amines) is 1. The summed E-state index contributed by atoms with van der Waals surface area (Å²) in [6, 6.07) is 13.5. The predicted molar refractivity (Wildman–Crippen MR) is 147 cm³/mol. The Balaban J connectivity index is 1.42. The molecule has 0 saturated carbocycles. The predicted octanol–water partition coefficient (Wildman–Crippen LogP) is 6.82. The summed E-state index contributed by atoms with van der Waals surface area (Å²) in [4.78, 5) is 13.3. The van der Waals surface area contributed by atoms with Gasteiger partial charge in [0.05, 0.1) is 28.8 Å². The number of ether oxygens (including phenoxy) is 2. The Hall–Kier alpha value is -3.00. The van der Waals surface area contributed by atoms with Gasteiger partial charge in [-0.3, -0.25) is 9.69 Å². The van der Waals surface area contributed by atoms with Crippen molar-refractivity contribution in [3.05, 3.63) is 75.0 Å². The van der Waals surface area contributed by atoms with E-state index < -0.39 is 17.7 Å². The fourth-order valence-corrected chi connectivity index (χ4v) is 6.15. The molecule has 38 heavy (non-hydrogen) atoms. The maximum atomic E-state index is 15.7. The van der Waals surface area contributed by atoms with Gasteiger partial charge in [0.15, 0.2) is 11.5 Å². The van der Waals surface area contributed by atoms with Crippen LogP contribution >= 0.6 is 23.2 Å². The van der Waals surface area contributed by atoms with Gasteiger partial charge in [-0.25, -0.2) is 0 Å². The Kier molecular flexibility index (Phi) is 7.70. The van der Waals surface area contributed by atoms with Crippen molar-refractivity contribution in [2.75, 3.05) is 32.6 Å². The SMILES string of the molecule is CNc1cccc(-c2cccc3c2CCC3Oc2c(Cl)cc(CN3CCC(C(=O)O)C3)c(OC)c2F)c1Cl.